The van der Waals surface area contributed by atoms with E-state index in [4.69, 9.17) is 9.16 Å². The van der Waals surface area contributed by atoms with Crippen LogP contribution in [0, 0.1) is 5.41 Å². The second kappa shape index (κ2) is 9.29. The number of methoxy groups -OCH3 is 1. The molecule has 0 aromatic heterocycles. The molecule has 1 saturated carbocycles. The van der Waals surface area contributed by atoms with E-state index in [1.54, 1.807) is 5.57 Å². The van der Waals surface area contributed by atoms with Crippen LogP contribution < -0.4 is 0 Å². The summed E-state index contributed by atoms with van der Waals surface area (Å²) in [6.45, 7) is 18.4. The molecular formula is C25H43IO2Si. The highest BCUT2D eigenvalue weighted by atomic mass is 127. The molecule has 0 spiro atoms. The number of halogens is 1. The minimum absolute atomic E-state index is 0.0791. The molecule has 0 heterocycles. The first kappa shape index (κ1) is 25.3. The predicted octanol–water partition coefficient (Wildman–Crippen LogP) is 8.35. The van der Waals surface area contributed by atoms with Gasteiger partial charge in [-0.3, -0.25) is 0 Å². The Kier molecular flexibility index (Phi) is 8.12. The fraction of sp³-hybridized carbons (Fsp3) is 0.760. The maximum absolute atomic E-state index is 7.41. The molecule has 2 nitrogen and oxygen atoms in total. The van der Waals surface area contributed by atoms with E-state index in [9.17, 15) is 0 Å². The highest BCUT2D eigenvalue weighted by Crippen LogP contribution is 2.60. The Morgan fingerprint density at radius 2 is 1.93 bits per heavy atom. The van der Waals surface area contributed by atoms with E-state index in [0.717, 1.165) is 51.4 Å². The lowest BCUT2D eigenvalue weighted by Crippen LogP contribution is -2.61. The number of rotatable bonds is 8. The molecule has 4 heteroatoms. The lowest BCUT2D eigenvalue weighted by molar-refractivity contribution is -0.110. The number of allylic oxidation sites excluding steroid dienone is 2. The zero-order valence-corrected chi connectivity index (χ0v) is 23.0. The number of fused-ring (bicyclic) bond motifs is 1. The van der Waals surface area contributed by atoms with Crippen molar-refractivity contribution >= 4 is 30.9 Å². The van der Waals surface area contributed by atoms with E-state index in [-0.39, 0.29) is 21.7 Å². The van der Waals surface area contributed by atoms with Gasteiger partial charge in [-0.15, -0.1) is 6.58 Å². The highest BCUT2D eigenvalue weighted by molar-refractivity contribution is 14.1. The summed E-state index contributed by atoms with van der Waals surface area (Å²) >= 11 is 2.34. The lowest BCUT2D eigenvalue weighted by Gasteiger charge is -2.60. The smallest absolute Gasteiger partial charge is 0.192 e. The van der Waals surface area contributed by atoms with Crippen LogP contribution in [0.4, 0.5) is 0 Å². The fourth-order valence-electron chi connectivity index (χ4n) is 5.17. The molecule has 0 aliphatic heterocycles. The van der Waals surface area contributed by atoms with Crippen molar-refractivity contribution in [1.82, 2.24) is 0 Å². The predicted molar refractivity (Wildman–Crippen MR) is 137 cm³/mol. The minimum Gasteiger partial charge on any atom is -0.410 e. The van der Waals surface area contributed by atoms with Gasteiger partial charge in [0, 0.05) is 12.5 Å². The molecule has 0 unspecified atom stereocenters. The summed E-state index contributed by atoms with van der Waals surface area (Å²) in [5, 5.41) is 0.213. The summed E-state index contributed by atoms with van der Waals surface area (Å²) in [6, 6.07) is 0. The summed E-state index contributed by atoms with van der Waals surface area (Å²) < 4.78 is 15.6. The third-order valence-electron chi connectivity index (χ3n) is 8.26. The highest BCUT2D eigenvalue weighted by Gasteiger charge is 2.58. The molecule has 3 atom stereocenters. The molecular weight excluding hydrogens is 487 g/mol. The zero-order valence-electron chi connectivity index (χ0n) is 19.9. The maximum Gasteiger partial charge on any atom is 0.192 e. The molecule has 29 heavy (non-hydrogen) atoms. The third-order valence-corrected chi connectivity index (χ3v) is 13.3. The Morgan fingerprint density at radius 1 is 1.24 bits per heavy atom. The van der Waals surface area contributed by atoms with E-state index in [2.05, 4.69) is 86.2 Å². The Labute approximate surface area is 194 Å². The molecule has 0 radical (unpaired) electrons. The van der Waals surface area contributed by atoms with Gasteiger partial charge in [-0.05, 0) is 73.6 Å². The van der Waals surface area contributed by atoms with Gasteiger partial charge in [-0.25, -0.2) is 0 Å². The summed E-state index contributed by atoms with van der Waals surface area (Å²) in [5.74, 6) is 0. The first-order chi connectivity index (χ1) is 13.4. The van der Waals surface area contributed by atoms with Gasteiger partial charge in [-0.2, -0.15) is 0 Å². The van der Waals surface area contributed by atoms with Crippen LogP contribution in [-0.4, -0.2) is 26.6 Å². The molecule has 0 aromatic rings. The van der Waals surface area contributed by atoms with Crippen molar-refractivity contribution in [1.29, 1.82) is 0 Å². The second-order valence-electron chi connectivity index (χ2n) is 10.9. The van der Waals surface area contributed by atoms with Crippen molar-refractivity contribution in [2.24, 2.45) is 5.41 Å². The molecule has 0 saturated heterocycles. The third kappa shape index (κ3) is 4.96. The van der Waals surface area contributed by atoms with Crippen LogP contribution in [0.15, 0.2) is 34.5 Å². The molecule has 0 aromatic carbocycles. The summed E-state index contributed by atoms with van der Waals surface area (Å²) in [6.07, 6.45) is 15.4. The minimum atomic E-state index is -1.91. The van der Waals surface area contributed by atoms with Crippen LogP contribution in [-0.2, 0) is 9.16 Å². The van der Waals surface area contributed by atoms with Crippen LogP contribution in [0.1, 0.15) is 79.1 Å². The Bertz CT molecular complexity index is 648. The standard InChI is InChI=1S/C25H43IO2Si/c1-9-14-24(27-6)18-17-23(5)21(20-24)13-12-16-25(23,15-10-11-19-26)28-29(7,8)22(2,3)4/h9,11,13,19H,1,10,12,14-18,20H2,2-8H3/b19-11+/t23-,24-,25-/m0/s1. The van der Waals surface area contributed by atoms with Crippen LogP contribution in [0.5, 0.6) is 0 Å². The summed E-state index contributed by atoms with van der Waals surface area (Å²) in [4.78, 5) is 0. The van der Waals surface area contributed by atoms with Crippen molar-refractivity contribution in [3.63, 3.8) is 0 Å². The Morgan fingerprint density at radius 3 is 2.48 bits per heavy atom. The van der Waals surface area contributed by atoms with Gasteiger partial charge in [0.1, 0.15) is 0 Å². The number of hydrogen-bond donors (Lipinski definition) is 0. The Balaban J connectivity index is 2.47. The maximum atomic E-state index is 7.41. The topological polar surface area (TPSA) is 18.5 Å². The van der Waals surface area contributed by atoms with E-state index >= 15 is 0 Å². The van der Waals surface area contributed by atoms with E-state index in [1.807, 2.05) is 13.2 Å². The van der Waals surface area contributed by atoms with Crippen molar-refractivity contribution in [2.45, 2.75) is 108 Å². The molecule has 0 bridgehead atoms. The molecule has 2 aliphatic rings. The van der Waals surface area contributed by atoms with Gasteiger partial charge in [0.25, 0.3) is 0 Å². The first-order valence-corrected chi connectivity index (χ1v) is 15.4. The molecule has 1 fully saturated rings. The van der Waals surface area contributed by atoms with Gasteiger partial charge in [0.05, 0.1) is 11.2 Å². The fourth-order valence-corrected chi connectivity index (χ4v) is 7.25. The molecule has 2 aliphatic carbocycles. The van der Waals surface area contributed by atoms with Crippen molar-refractivity contribution in [3.8, 4) is 0 Å². The molecule has 0 N–H and O–H groups in total. The van der Waals surface area contributed by atoms with E-state index < -0.39 is 8.32 Å². The molecule has 0 amide bonds. The van der Waals surface area contributed by atoms with E-state index in [1.165, 1.54) is 0 Å². The lowest BCUT2D eigenvalue weighted by atomic mass is 9.54. The van der Waals surface area contributed by atoms with Gasteiger partial charge < -0.3 is 9.16 Å². The van der Waals surface area contributed by atoms with E-state index in [0.29, 0.717) is 0 Å². The van der Waals surface area contributed by atoms with Gasteiger partial charge in [0.2, 0.25) is 0 Å². The average Bonchev–Trinajstić information content (AvgIpc) is 2.63. The monoisotopic (exact) mass is 530 g/mol. The largest absolute Gasteiger partial charge is 0.410 e. The molecule has 166 valence electrons. The van der Waals surface area contributed by atoms with Crippen molar-refractivity contribution in [3.05, 3.63) is 34.5 Å². The quantitative estimate of drug-likeness (QED) is 0.178. The van der Waals surface area contributed by atoms with Gasteiger partial charge in [-0.1, -0.05) is 74.1 Å². The second-order valence-corrected chi connectivity index (χ2v) is 16.4. The van der Waals surface area contributed by atoms with Crippen LogP contribution in [0.2, 0.25) is 18.1 Å². The van der Waals surface area contributed by atoms with Crippen LogP contribution >= 0.6 is 22.6 Å². The van der Waals surface area contributed by atoms with Crippen LogP contribution in [0.3, 0.4) is 0 Å². The Hall–Kier alpha value is 0.0869. The number of hydrogen-bond acceptors (Lipinski definition) is 2. The normalized spacial score (nSPS) is 33.4. The van der Waals surface area contributed by atoms with Gasteiger partial charge in [0.15, 0.2) is 8.32 Å². The van der Waals surface area contributed by atoms with Crippen LogP contribution in [0.25, 0.3) is 0 Å². The SMILES string of the molecule is C=CC[C@]1(OC)CC[C@@]2(C)C(=CCC[C@]2(CC/C=C/I)O[Si](C)(C)C(C)(C)C)C1. The average molecular weight is 531 g/mol. The zero-order chi connectivity index (χ0) is 22.0. The van der Waals surface area contributed by atoms with Crippen molar-refractivity contribution < 1.29 is 9.16 Å². The molecule has 2 rings (SSSR count). The summed E-state index contributed by atoms with van der Waals surface area (Å²) in [5.41, 5.74) is 1.48. The summed E-state index contributed by atoms with van der Waals surface area (Å²) in [7, 11) is -0.0328. The van der Waals surface area contributed by atoms with Gasteiger partial charge >= 0.3 is 0 Å². The number of ether oxygens (including phenoxy) is 1. The van der Waals surface area contributed by atoms with Crippen molar-refractivity contribution in [2.75, 3.05) is 7.11 Å². The first-order valence-electron chi connectivity index (χ1n) is 11.2.